The van der Waals surface area contributed by atoms with Crippen LogP contribution in [0.25, 0.3) is 33.3 Å². The van der Waals surface area contributed by atoms with Crippen molar-refractivity contribution in [3.63, 3.8) is 0 Å². The lowest BCUT2D eigenvalue weighted by atomic mass is 9.96. The lowest BCUT2D eigenvalue weighted by Gasteiger charge is -2.21. The Balaban J connectivity index is 1.50. The molecular formula is C28H23NO3. The van der Waals surface area contributed by atoms with E-state index < -0.39 is 12.1 Å². The number of nitrogens with zero attached hydrogens (tertiary/aromatic N) is 1. The first kappa shape index (κ1) is 20.1. The van der Waals surface area contributed by atoms with E-state index in [2.05, 4.69) is 24.3 Å². The molecule has 4 heteroatoms. The van der Waals surface area contributed by atoms with Crippen molar-refractivity contribution < 1.29 is 14.3 Å². The molecule has 4 nitrogen and oxygen atoms in total. The van der Waals surface area contributed by atoms with E-state index in [4.69, 9.17) is 9.72 Å². The fourth-order valence-corrected chi connectivity index (χ4v) is 4.22. The van der Waals surface area contributed by atoms with Crippen molar-refractivity contribution in [1.29, 1.82) is 0 Å². The van der Waals surface area contributed by atoms with Crippen LogP contribution in [-0.2, 0) is 9.53 Å². The summed E-state index contributed by atoms with van der Waals surface area (Å²) in [6.45, 7) is 0. The van der Waals surface area contributed by atoms with Crippen LogP contribution < -0.4 is 0 Å². The van der Waals surface area contributed by atoms with Crippen molar-refractivity contribution in [3.8, 4) is 22.4 Å². The normalized spacial score (nSPS) is 16.1. The molecule has 1 atom stereocenters. The third-order valence-electron chi connectivity index (χ3n) is 5.97. The van der Waals surface area contributed by atoms with Crippen LogP contribution in [0, 0.1) is 0 Å². The highest BCUT2D eigenvalue weighted by atomic mass is 16.5. The van der Waals surface area contributed by atoms with E-state index in [1.54, 1.807) is 6.07 Å². The first-order chi connectivity index (χ1) is 15.7. The van der Waals surface area contributed by atoms with Crippen LogP contribution in [0.2, 0.25) is 0 Å². The molecule has 0 amide bonds. The number of hydrogen-bond acceptors (Lipinski definition) is 4. The maximum Gasteiger partial charge on any atom is 0.339 e. The zero-order chi connectivity index (χ0) is 21.9. The lowest BCUT2D eigenvalue weighted by Crippen LogP contribution is -2.30. The highest BCUT2D eigenvalue weighted by Gasteiger charge is 2.27. The summed E-state index contributed by atoms with van der Waals surface area (Å²) in [4.78, 5) is 30.0. The fraction of sp³-hybridized carbons (Fsp3) is 0.179. The molecule has 1 aliphatic carbocycles. The quantitative estimate of drug-likeness (QED) is 0.366. The van der Waals surface area contributed by atoms with Crippen molar-refractivity contribution in [2.45, 2.75) is 31.8 Å². The number of carbonyl (C=O) groups excluding carboxylic acids is 2. The molecule has 0 unspecified atom stereocenters. The maximum atomic E-state index is 13.1. The van der Waals surface area contributed by atoms with E-state index in [0.717, 1.165) is 40.4 Å². The molecular weight excluding hydrogens is 398 g/mol. The second-order valence-corrected chi connectivity index (χ2v) is 8.12. The van der Waals surface area contributed by atoms with Crippen LogP contribution in [0.5, 0.6) is 0 Å². The summed E-state index contributed by atoms with van der Waals surface area (Å²) in [5.74, 6) is -0.453. The number of aromatic nitrogens is 1. The molecule has 158 valence electrons. The average Bonchev–Trinajstić information content (AvgIpc) is 2.85. The molecule has 1 aromatic heterocycles. The molecule has 0 bridgehead atoms. The summed E-state index contributed by atoms with van der Waals surface area (Å²) >= 11 is 0. The number of para-hydroxylation sites is 1. The molecule has 0 radical (unpaired) electrons. The number of ketones is 1. The van der Waals surface area contributed by atoms with Gasteiger partial charge in [0.15, 0.2) is 11.9 Å². The van der Waals surface area contributed by atoms with E-state index in [9.17, 15) is 9.59 Å². The minimum atomic E-state index is -0.642. The number of ether oxygens (including phenoxy) is 1. The molecule has 0 spiro atoms. The van der Waals surface area contributed by atoms with Crippen molar-refractivity contribution in [2.24, 2.45) is 0 Å². The topological polar surface area (TPSA) is 56.3 Å². The van der Waals surface area contributed by atoms with E-state index in [0.29, 0.717) is 24.1 Å². The largest absolute Gasteiger partial charge is 0.451 e. The predicted molar refractivity (Wildman–Crippen MR) is 125 cm³/mol. The van der Waals surface area contributed by atoms with E-state index in [-0.39, 0.29) is 5.78 Å². The molecule has 0 aliphatic heterocycles. The Kier molecular flexibility index (Phi) is 5.51. The number of esters is 1. The van der Waals surface area contributed by atoms with Gasteiger partial charge in [0.05, 0.1) is 16.8 Å². The van der Waals surface area contributed by atoms with Crippen LogP contribution >= 0.6 is 0 Å². The van der Waals surface area contributed by atoms with Crippen LogP contribution in [0.15, 0.2) is 84.9 Å². The zero-order valence-corrected chi connectivity index (χ0v) is 17.7. The molecule has 3 aromatic carbocycles. The second kappa shape index (κ2) is 8.75. The monoisotopic (exact) mass is 421 g/mol. The maximum absolute atomic E-state index is 13.1. The van der Waals surface area contributed by atoms with Gasteiger partial charge in [-0.05, 0) is 42.5 Å². The van der Waals surface area contributed by atoms with Gasteiger partial charge in [0.1, 0.15) is 0 Å². The summed E-state index contributed by atoms with van der Waals surface area (Å²) in [7, 11) is 0. The minimum Gasteiger partial charge on any atom is -0.451 e. The smallest absolute Gasteiger partial charge is 0.339 e. The first-order valence-corrected chi connectivity index (χ1v) is 11.0. The minimum absolute atomic E-state index is 0.0136. The van der Waals surface area contributed by atoms with E-state index in [1.807, 2.05) is 54.6 Å². The Bertz CT molecular complexity index is 1280. The number of fused-ring (bicyclic) bond motifs is 1. The van der Waals surface area contributed by atoms with Crippen molar-refractivity contribution >= 4 is 22.7 Å². The van der Waals surface area contributed by atoms with Crippen LogP contribution in [0.1, 0.15) is 36.0 Å². The van der Waals surface area contributed by atoms with E-state index >= 15 is 0 Å². The summed E-state index contributed by atoms with van der Waals surface area (Å²) in [5, 5.41) is 0.727. The van der Waals surface area contributed by atoms with Gasteiger partial charge in [-0.15, -0.1) is 0 Å². The van der Waals surface area contributed by atoms with Gasteiger partial charge in [-0.3, -0.25) is 4.79 Å². The Labute approximate surface area is 186 Å². The van der Waals surface area contributed by atoms with Gasteiger partial charge in [-0.1, -0.05) is 72.8 Å². The third kappa shape index (κ3) is 4.04. The standard InChI is InChI=1S/C28H23NO3/c30-26-12-6-7-13-27(26)32-28(31)23-18-25(29-24-11-5-4-10-22(23)24)21-16-14-20(15-17-21)19-8-2-1-3-9-19/h1-5,8-11,14-18,27H,6-7,12-13H2/t27-/m0/s1. The molecule has 1 aliphatic rings. The van der Waals surface area contributed by atoms with Gasteiger partial charge in [-0.25, -0.2) is 9.78 Å². The molecule has 32 heavy (non-hydrogen) atoms. The summed E-state index contributed by atoms with van der Waals surface area (Å²) in [6.07, 6.45) is 2.21. The second-order valence-electron chi connectivity index (χ2n) is 8.12. The molecule has 1 saturated carbocycles. The number of carbonyl (C=O) groups is 2. The van der Waals surface area contributed by atoms with Gasteiger partial charge in [0, 0.05) is 17.4 Å². The third-order valence-corrected chi connectivity index (χ3v) is 5.97. The Hall–Kier alpha value is -3.79. The van der Waals surface area contributed by atoms with Gasteiger partial charge >= 0.3 is 5.97 Å². The van der Waals surface area contributed by atoms with Crippen LogP contribution in [0.4, 0.5) is 0 Å². The Morgan fingerprint density at radius 2 is 1.50 bits per heavy atom. The Morgan fingerprint density at radius 1 is 0.812 bits per heavy atom. The number of benzene rings is 3. The molecule has 0 N–H and O–H groups in total. The molecule has 1 heterocycles. The number of rotatable bonds is 4. The fourth-order valence-electron chi connectivity index (χ4n) is 4.22. The summed E-state index contributed by atoms with van der Waals surface area (Å²) < 4.78 is 5.65. The summed E-state index contributed by atoms with van der Waals surface area (Å²) in [6, 6.07) is 27.6. The van der Waals surface area contributed by atoms with Gasteiger partial charge in [0.2, 0.25) is 0 Å². The van der Waals surface area contributed by atoms with Crippen LogP contribution in [-0.4, -0.2) is 22.8 Å². The van der Waals surface area contributed by atoms with Crippen molar-refractivity contribution in [3.05, 3.63) is 90.5 Å². The molecule has 4 aromatic rings. The van der Waals surface area contributed by atoms with Gasteiger partial charge in [-0.2, -0.15) is 0 Å². The van der Waals surface area contributed by atoms with Gasteiger partial charge < -0.3 is 4.74 Å². The number of Topliss-reactive ketones (excluding diaryl/α,β-unsaturated/α-hetero) is 1. The number of pyridine rings is 1. The zero-order valence-electron chi connectivity index (χ0n) is 17.7. The molecule has 0 saturated heterocycles. The lowest BCUT2D eigenvalue weighted by molar-refractivity contribution is -0.129. The Morgan fingerprint density at radius 3 is 2.28 bits per heavy atom. The SMILES string of the molecule is O=C(O[C@H]1CCCCC1=O)c1cc(-c2ccc(-c3ccccc3)cc2)nc2ccccc12. The first-order valence-electron chi connectivity index (χ1n) is 11.0. The highest BCUT2D eigenvalue weighted by molar-refractivity contribution is 6.05. The average molecular weight is 421 g/mol. The van der Waals surface area contributed by atoms with Crippen LogP contribution in [0.3, 0.4) is 0 Å². The van der Waals surface area contributed by atoms with E-state index in [1.165, 1.54) is 0 Å². The highest BCUT2D eigenvalue weighted by Crippen LogP contribution is 2.29. The molecule has 1 fully saturated rings. The van der Waals surface area contributed by atoms with Crippen molar-refractivity contribution in [1.82, 2.24) is 4.98 Å². The van der Waals surface area contributed by atoms with Crippen molar-refractivity contribution in [2.75, 3.05) is 0 Å². The predicted octanol–water partition coefficient (Wildman–Crippen LogP) is 6.24. The number of hydrogen-bond donors (Lipinski definition) is 0. The summed E-state index contributed by atoms with van der Waals surface area (Å²) in [5.41, 5.74) is 5.04. The van der Waals surface area contributed by atoms with Gasteiger partial charge in [0.25, 0.3) is 0 Å². The molecule has 5 rings (SSSR count).